The van der Waals surface area contributed by atoms with Crippen LogP contribution >= 0.6 is 11.8 Å². The van der Waals surface area contributed by atoms with Crippen LogP contribution in [0.5, 0.6) is 0 Å². The maximum absolute atomic E-state index is 5.13. The van der Waals surface area contributed by atoms with Gasteiger partial charge in [-0.3, -0.25) is 9.98 Å². The first kappa shape index (κ1) is 22.2. The minimum Gasteiger partial charge on any atom is -0.372 e. The van der Waals surface area contributed by atoms with Gasteiger partial charge in [0.15, 0.2) is 5.82 Å². The summed E-state index contributed by atoms with van der Waals surface area (Å²) in [6.07, 6.45) is 11.5. The van der Waals surface area contributed by atoms with E-state index in [2.05, 4.69) is 87.4 Å². The number of hydrogen-bond acceptors (Lipinski definition) is 7. The van der Waals surface area contributed by atoms with Crippen LogP contribution in [0.4, 0.5) is 17.2 Å². The molecule has 0 unspecified atom stereocenters. The number of aliphatic imine (C=N–C) groups is 1. The Morgan fingerprint density at radius 2 is 2.00 bits per heavy atom. The fourth-order valence-electron chi connectivity index (χ4n) is 4.29. The predicted molar refractivity (Wildman–Crippen MR) is 145 cm³/mol. The summed E-state index contributed by atoms with van der Waals surface area (Å²) in [6.45, 7) is 6.18. The summed E-state index contributed by atoms with van der Waals surface area (Å²) < 4.78 is 0. The Balaban J connectivity index is 1.46. The third kappa shape index (κ3) is 4.56. The molecule has 0 bridgehead atoms. The van der Waals surface area contributed by atoms with Gasteiger partial charge in [-0.2, -0.15) is 0 Å². The van der Waals surface area contributed by atoms with Crippen molar-refractivity contribution >= 4 is 40.7 Å². The average Bonchev–Trinajstić information content (AvgIpc) is 3.36. The van der Waals surface area contributed by atoms with Crippen molar-refractivity contribution in [3.8, 4) is 11.3 Å². The number of thioether (sulfide) groups is 1. The minimum atomic E-state index is 0.787. The average molecular weight is 469 g/mol. The van der Waals surface area contributed by atoms with Gasteiger partial charge in [0.05, 0.1) is 23.3 Å². The van der Waals surface area contributed by atoms with Gasteiger partial charge in [-0.15, -0.1) is 11.8 Å². The largest absolute Gasteiger partial charge is 0.372 e. The molecule has 3 aromatic rings. The standard InChI is InChI=1S/C27H28N6S/c1-19(30-23-14-22(17-29-18-23)21-10-11-28-16-21)33-13-5-12-32(2)26-9-8-25(31-27(26)33)20-6-4-7-24(15-20)34-3/h4,6-9,11,14-18,30H,1,5,10,12-13H2,2-3H3. The number of pyridine rings is 2. The van der Waals surface area contributed by atoms with Crippen LogP contribution in [0.2, 0.25) is 0 Å². The molecule has 4 heterocycles. The van der Waals surface area contributed by atoms with Crippen LogP contribution in [0.3, 0.4) is 0 Å². The highest BCUT2D eigenvalue weighted by Crippen LogP contribution is 2.35. The molecule has 0 aliphatic carbocycles. The number of hydrogen-bond donors (Lipinski definition) is 1. The highest BCUT2D eigenvalue weighted by Gasteiger charge is 2.23. The second-order valence-corrected chi connectivity index (χ2v) is 9.30. The van der Waals surface area contributed by atoms with Crippen molar-refractivity contribution in [1.29, 1.82) is 0 Å². The van der Waals surface area contributed by atoms with Crippen molar-refractivity contribution in [2.45, 2.75) is 17.7 Å². The molecule has 0 atom stereocenters. The summed E-state index contributed by atoms with van der Waals surface area (Å²) in [5, 5.41) is 3.48. The normalized spacial score (nSPS) is 15.1. The maximum atomic E-state index is 5.13. The van der Waals surface area contributed by atoms with E-state index in [-0.39, 0.29) is 0 Å². The molecule has 7 heteroatoms. The van der Waals surface area contributed by atoms with Crippen molar-refractivity contribution in [2.75, 3.05) is 41.5 Å². The number of fused-ring (bicyclic) bond motifs is 1. The Morgan fingerprint density at radius 3 is 2.82 bits per heavy atom. The summed E-state index contributed by atoms with van der Waals surface area (Å²) in [4.78, 5) is 19.5. The van der Waals surface area contributed by atoms with Crippen molar-refractivity contribution in [3.63, 3.8) is 0 Å². The molecular formula is C27H28N6S. The van der Waals surface area contributed by atoms with Gasteiger partial charge < -0.3 is 15.1 Å². The Labute approximate surface area is 205 Å². The summed E-state index contributed by atoms with van der Waals surface area (Å²) in [6, 6.07) is 14.9. The molecule has 2 aliphatic rings. The lowest BCUT2D eigenvalue weighted by atomic mass is 10.1. The lowest BCUT2D eigenvalue weighted by Gasteiger charge is -2.27. The number of allylic oxidation sites excluding steroid dienone is 1. The molecule has 6 nitrogen and oxygen atoms in total. The van der Waals surface area contributed by atoms with Crippen LogP contribution in [0.25, 0.3) is 16.8 Å². The number of anilines is 3. The van der Waals surface area contributed by atoms with E-state index in [1.807, 2.05) is 24.8 Å². The summed E-state index contributed by atoms with van der Waals surface area (Å²) in [5.41, 5.74) is 6.31. The van der Waals surface area contributed by atoms with Crippen LogP contribution in [0.1, 0.15) is 18.4 Å². The zero-order valence-corrected chi connectivity index (χ0v) is 20.3. The zero-order valence-electron chi connectivity index (χ0n) is 19.5. The molecule has 0 amide bonds. The Hall–Kier alpha value is -3.58. The molecule has 0 spiro atoms. The molecule has 1 N–H and O–H groups in total. The Morgan fingerprint density at radius 1 is 1.09 bits per heavy atom. The van der Waals surface area contributed by atoms with E-state index in [9.17, 15) is 0 Å². The molecule has 1 aromatic carbocycles. The van der Waals surface area contributed by atoms with Crippen LogP contribution in [0.15, 0.2) is 83.3 Å². The molecule has 0 radical (unpaired) electrons. The van der Waals surface area contributed by atoms with Crippen LogP contribution in [0, 0.1) is 0 Å². The third-order valence-electron chi connectivity index (χ3n) is 6.13. The highest BCUT2D eigenvalue weighted by molar-refractivity contribution is 7.98. The zero-order chi connectivity index (χ0) is 23.5. The number of benzene rings is 1. The van der Waals surface area contributed by atoms with E-state index in [0.29, 0.717) is 0 Å². The topological polar surface area (TPSA) is 56.7 Å². The first-order valence-electron chi connectivity index (χ1n) is 11.4. The predicted octanol–water partition coefficient (Wildman–Crippen LogP) is 5.91. The molecule has 2 aromatic heterocycles. The van der Waals surface area contributed by atoms with Gasteiger partial charge in [0.25, 0.3) is 0 Å². The number of aromatic nitrogens is 2. The van der Waals surface area contributed by atoms with Crippen LogP contribution < -0.4 is 15.1 Å². The van der Waals surface area contributed by atoms with Crippen LogP contribution in [-0.2, 0) is 0 Å². The SMILES string of the molecule is C=C(Nc1cncc(C2=CN=CC2)c1)N1CCCN(C)c2ccc(-c3cccc(SC)c3)nc21. The van der Waals surface area contributed by atoms with Gasteiger partial charge in [-0.25, -0.2) is 4.98 Å². The fourth-order valence-corrected chi connectivity index (χ4v) is 4.75. The lowest BCUT2D eigenvalue weighted by molar-refractivity contribution is 0.789. The Bertz CT molecular complexity index is 1280. The molecular weight excluding hydrogens is 440 g/mol. The molecule has 0 saturated carbocycles. The van der Waals surface area contributed by atoms with Crippen LogP contribution in [-0.4, -0.2) is 42.6 Å². The Kier molecular flexibility index (Phi) is 6.36. The molecule has 2 aliphatic heterocycles. The van der Waals surface area contributed by atoms with E-state index < -0.39 is 0 Å². The third-order valence-corrected chi connectivity index (χ3v) is 6.86. The van der Waals surface area contributed by atoms with E-state index in [4.69, 9.17) is 4.98 Å². The van der Waals surface area contributed by atoms with Gasteiger partial charge in [0.2, 0.25) is 0 Å². The van der Waals surface area contributed by atoms with E-state index in [1.54, 1.807) is 11.8 Å². The molecule has 0 fully saturated rings. The van der Waals surface area contributed by atoms with E-state index in [0.717, 1.165) is 65.8 Å². The molecule has 34 heavy (non-hydrogen) atoms. The van der Waals surface area contributed by atoms with Gasteiger partial charge >= 0.3 is 0 Å². The number of nitrogens with zero attached hydrogens (tertiary/aromatic N) is 5. The van der Waals surface area contributed by atoms with Gasteiger partial charge in [-0.1, -0.05) is 18.7 Å². The lowest BCUT2D eigenvalue weighted by Crippen LogP contribution is -2.28. The molecule has 5 rings (SSSR count). The van der Waals surface area contributed by atoms with Crippen molar-refractivity contribution < 1.29 is 0 Å². The van der Waals surface area contributed by atoms with Crippen molar-refractivity contribution in [1.82, 2.24) is 9.97 Å². The smallest absolute Gasteiger partial charge is 0.158 e. The number of nitrogens with one attached hydrogen (secondary N) is 1. The minimum absolute atomic E-state index is 0.787. The summed E-state index contributed by atoms with van der Waals surface area (Å²) in [7, 11) is 2.12. The quantitative estimate of drug-likeness (QED) is 0.454. The van der Waals surface area contributed by atoms with Gasteiger partial charge in [-0.05, 0) is 54.1 Å². The molecule has 0 saturated heterocycles. The second-order valence-electron chi connectivity index (χ2n) is 8.42. The van der Waals surface area contributed by atoms with Gasteiger partial charge in [0, 0.05) is 55.6 Å². The summed E-state index contributed by atoms with van der Waals surface area (Å²) in [5.74, 6) is 1.70. The van der Waals surface area contributed by atoms with Crippen molar-refractivity contribution in [3.05, 3.63) is 79.0 Å². The number of rotatable bonds is 6. The fraction of sp³-hybridized carbons (Fsp3) is 0.222. The van der Waals surface area contributed by atoms with E-state index in [1.165, 1.54) is 10.5 Å². The van der Waals surface area contributed by atoms with Gasteiger partial charge in [0.1, 0.15) is 5.82 Å². The van der Waals surface area contributed by atoms with Crippen molar-refractivity contribution in [2.24, 2.45) is 4.99 Å². The second kappa shape index (κ2) is 9.73. The molecule has 172 valence electrons. The first-order chi connectivity index (χ1) is 16.6. The highest BCUT2D eigenvalue weighted by atomic mass is 32.2. The van der Waals surface area contributed by atoms with E-state index >= 15 is 0 Å². The summed E-state index contributed by atoms with van der Waals surface area (Å²) >= 11 is 1.74. The maximum Gasteiger partial charge on any atom is 0.158 e. The first-order valence-corrected chi connectivity index (χ1v) is 12.6. The monoisotopic (exact) mass is 468 g/mol.